The van der Waals surface area contributed by atoms with Gasteiger partial charge in [-0.25, -0.2) is 0 Å². The lowest BCUT2D eigenvalue weighted by Crippen LogP contribution is -2.03. The van der Waals surface area contributed by atoms with E-state index >= 15 is 0 Å². The fourth-order valence-electron chi connectivity index (χ4n) is 0.318. The summed E-state index contributed by atoms with van der Waals surface area (Å²) in [5.74, 6) is 0. The molecule has 0 aliphatic heterocycles. The smallest absolute Gasteiger partial charge is 0.148 e. The maximum absolute atomic E-state index is 8.26. The van der Waals surface area contributed by atoms with Gasteiger partial charge in [-0.05, 0) is 6.92 Å². The van der Waals surface area contributed by atoms with Gasteiger partial charge in [0.1, 0.15) is 17.7 Å². The molecule has 0 atom stereocenters. The van der Waals surface area contributed by atoms with Crippen molar-refractivity contribution in [2.75, 3.05) is 7.05 Å². The molecule has 0 unspecified atom stereocenters. The van der Waals surface area contributed by atoms with Crippen molar-refractivity contribution in [3.63, 3.8) is 0 Å². The van der Waals surface area contributed by atoms with E-state index in [1.807, 2.05) is 0 Å². The van der Waals surface area contributed by atoms with Crippen LogP contribution in [0.1, 0.15) is 6.92 Å². The van der Waals surface area contributed by atoms with Crippen molar-refractivity contribution in [2.45, 2.75) is 6.92 Å². The van der Waals surface area contributed by atoms with E-state index in [1.54, 1.807) is 26.1 Å². The molecule has 0 fully saturated rings. The summed E-state index contributed by atoms with van der Waals surface area (Å²) in [6, 6.07) is 3.52. The molecule has 0 saturated heterocycles. The van der Waals surface area contributed by atoms with Gasteiger partial charge in [0.2, 0.25) is 0 Å². The van der Waals surface area contributed by atoms with E-state index in [0.29, 0.717) is 5.70 Å². The highest BCUT2D eigenvalue weighted by atomic mass is 14.8. The predicted octanol–water partition coefficient (Wildman–Crippen LogP) is 0.527. The summed E-state index contributed by atoms with van der Waals surface area (Å²) in [5.41, 5.74) is 0.748. The lowest BCUT2D eigenvalue weighted by Gasteiger charge is -1.94. The largest absolute Gasteiger partial charge is 0.390 e. The third-order valence-electron chi connectivity index (χ3n) is 0.974. The van der Waals surface area contributed by atoms with E-state index in [4.69, 9.17) is 10.5 Å². The first-order valence-electron chi connectivity index (χ1n) is 2.45. The average Bonchev–Trinajstić information content (AvgIpc) is 1.90. The zero-order valence-corrected chi connectivity index (χ0v) is 5.39. The molecule has 0 aromatic rings. The standard InChI is InChI=1S/C6H7N3/c1-5(9-2)6(3-7)4-8/h9H,1-2H3. The van der Waals surface area contributed by atoms with Crippen molar-refractivity contribution in [2.24, 2.45) is 0 Å². The van der Waals surface area contributed by atoms with Crippen molar-refractivity contribution in [1.29, 1.82) is 10.5 Å². The first kappa shape index (κ1) is 7.52. The number of rotatable bonds is 1. The Morgan fingerprint density at radius 3 is 1.89 bits per heavy atom. The minimum Gasteiger partial charge on any atom is -0.390 e. The summed E-state index contributed by atoms with van der Waals surface area (Å²) in [6.07, 6.45) is 0. The number of nitrogens with one attached hydrogen (secondary N) is 1. The molecule has 0 aliphatic rings. The molecular formula is C6H7N3. The van der Waals surface area contributed by atoms with E-state index in [1.165, 1.54) is 0 Å². The van der Waals surface area contributed by atoms with E-state index < -0.39 is 0 Å². The molecule has 0 heterocycles. The highest BCUT2D eigenvalue weighted by Gasteiger charge is 1.94. The molecule has 0 amide bonds. The van der Waals surface area contributed by atoms with Crippen LogP contribution in [0.2, 0.25) is 0 Å². The van der Waals surface area contributed by atoms with Crippen LogP contribution in [0.5, 0.6) is 0 Å². The summed E-state index contributed by atoms with van der Waals surface area (Å²) < 4.78 is 0. The van der Waals surface area contributed by atoms with Gasteiger partial charge < -0.3 is 5.32 Å². The van der Waals surface area contributed by atoms with E-state index in [2.05, 4.69) is 5.32 Å². The zero-order chi connectivity index (χ0) is 7.28. The van der Waals surface area contributed by atoms with Gasteiger partial charge in [-0.1, -0.05) is 0 Å². The summed E-state index contributed by atoms with van der Waals surface area (Å²) in [4.78, 5) is 0. The van der Waals surface area contributed by atoms with Gasteiger partial charge in [-0.2, -0.15) is 10.5 Å². The second-order valence-corrected chi connectivity index (χ2v) is 1.47. The molecule has 1 N–H and O–H groups in total. The fraction of sp³-hybridized carbons (Fsp3) is 0.333. The lowest BCUT2D eigenvalue weighted by atomic mass is 10.2. The minimum absolute atomic E-state index is 0.137. The minimum atomic E-state index is 0.137. The third kappa shape index (κ3) is 1.84. The Morgan fingerprint density at radius 1 is 1.33 bits per heavy atom. The third-order valence-corrected chi connectivity index (χ3v) is 0.974. The monoisotopic (exact) mass is 121 g/mol. The second kappa shape index (κ2) is 3.51. The quantitative estimate of drug-likeness (QED) is 0.514. The van der Waals surface area contributed by atoms with Crippen LogP contribution in [0.4, 0.5) is 0 Å². The van der Waals surface area contributed by atoms with E-state index in [9.17, 15) is 0 Å². The average molecular weight is 121 g/mol. The molecule has 0 spiro atoms. The van der Waals surface area contributed by atoms with Gasteiger partial charge >= 0.3 is 0 Å². The molecule has 9 heavy (non-hydrogen) atoms. The van der Waals surface area contributed by atoms with Gasteiger partial charge in [0.15, 0.2) is 0 Å². The summed E-state index contributed by atoms with van der Waals surface area (Å²) >= 11 is 0. The Morgan fingerprint density at radius 2 is 1.78 bits per heavy atom. The number of hydrogen-bond acceptors (Lipinski definition) is 3. The molecule has 0 radical (unpaired) electrons. The lowest BCUT2D eigenvalue weighted by molar-refractivity contribution is 0.980. The van der Waals surface area contributed by atoms with Crippen molar-refractivity contribution in [3.05, 3.63) is 11.3 Å². The maximum atomic E-state index is 8.26. The number of nitriles is 2. The second-order valence-electron chi connectivity index (χ2n) is 1.47. The van der Waals surface area contributed by atoms with Crippen molar-refractivity contribution < 1.29 is 0 Å². The van der Waals surface area contributed by atoms with Gasteiger partial charge in [0.25, 0.3) is 0 Å². The highest BCUT2D eigenvalue weighted by molar-refractivity contribution is 5.38. The highest BCUT2D eigenvalue weighted by Crippen LogP contribution is 1.94. The summed E-state index contributed by atoms with van der Waals surface area (Å²) in [7, 11) is 1.67. The molecule has 0 bridgehead atoms. The zero-order valence-electron chi connectivity index (χ0n) is 5.39. The van der Waals surface area contributed by atoms with Crippen molar-refractivity contribution >= 4 is 0 Å². The number of nitrogens with zero attached hydrogens (tertiary/aromatic N) is 2. The van der Waals surface area contributed by atoms with Crippen LogP contribution >= 0.6 is 0 Å². The Labute approximate surface area is 54.2 Å². The Bertz CT molecular complexity index is 185. The van der Waals surface area contributed by atoms with E-state index in [-0.39, 0.29) is 5.57 Å². The molecule has 0 aromatic carbocycles. The van der Waals surface area contributed by atoms with E-state index in [0.717, 1.165) is 0 Å². The van der Waals surface area contributed by atoms with Crippen molar-refractivity contribution in [1.82, 2.24) is 5.32 Å². The van der Waals surface area contributed by atoms with Crippen LogP contribution in [0, 0.1) is 22.7 Å². The molecule has 0 rings (SSSR count). The number of hydrogen-bond donors (Lipinski definition) is 1. The summed E-state index contributed by atoms with van der Waals surface area (Å²) in [6.45, 7) is 1.68. The molecule has 0 aliphatic carbocycles. The van der Waals surface area contributed by atoms with Crippen LogP contribution in [0.15, 0.2) is 11.3 Å². The molecule has 3 heteroatoms. The molecular weight excluding hydrogens is 114 g/mol. The van der Waals surface area contributed by atoms with Gasteiger partial charge in [0, 0.05) is 12.7 Å². The van der Waals surface area contributed by atoms with Gasteiger partial charge in [-0.3, -0.25) is 0 Å². The molecule has 0 saturated carbocycles. The van der Waals surface area contributed by atoms with Gasteiger partial charge in [-0.15, -0.1) is 0 Å². The van der Waals surface area contributed by atoms with Crippen LogP contribution in [0.25, 0.3) is 0 Å². The Kier molecular flexibility index (Phi) is 2.94. The first-order chi connectivity index (χ1) is 4.26. The SMILES string of the molecule is CNC(C)=C(C#N)C#N. The molecule has 46 valence electrons. The Hall–Kier alpha value is -1.48. The Balaban J connectivity index is 4.49. The van der Waals surface area contributed by atoms with Crippen LogP contribution in [-0.2, 0) is 0 Å². The maximum Gasteiger partial charge on any atom is 0.148 e. The number of allylic oxidation sites excluding steroid dienone is 2. The van der Waals surface area contributed by atoms with Crippen molar-refractivity contribution in [3.8, 4) is 12.1 Å². The molecule has 3 nitrogen and oxygen atoms in total. The summed E-state index contributed by atoms with van der Waals surface area (Å²) in [5, 5.41) is 19.2. The predicted molar refractivity (Wildman–Crippen MR) is 33.0 cm³/mol. The van der Waals surface area contributed by atoms with Crippen LogP contribution in [0.3, 0.4) is 0 Å². The topological polar surface area (TPSA) is 59.6 Å². The normalized spacial score (nSPS) is 6.67. The van der Waals surface area contributed by atoms with Crippen LogP contribution < -0.4 is 5.32 Å². The fourth-order valence-corrected chi connectivity index (χ4v) is 0.318. The van der Waals surface area contributed by atoms with Crippen LogP contribution in [-0.4, -0.2) is 7.05 Å². The first-order valence-corrected chi connectivity index (χ1v) is 2.45. The molecule has 0 aromatic heterocycles. The van der Waals surface area contributed by atoms with Gasteiger partial charge in [0.05, 0.1) is 0 Å².